The van der Waals surface area contributed by atoms with E-state index in [0.717, 1.165) is 51.4 Å². The number of benzene rings is 1. The lowest BCUT2D eigenvalue weighted by Gasteiger charge is -2.36. The molecular weight excluding hydrogens is 451 g/mol. The number of piperazine rings is 1. The Morgan fingerprint density at radius 3 is 2.26 bits per heavy atom. The maximum Gasteiger partial charge on any atom is 0.423 e. The number of unbranched alkanes of at least 4 members (excludes halogenated alkanes) is 1. The average Bonchev–Trinajstić information content (AvgIpc) is 2.81. The quantitative estimate of drug-likeness (QED) is 0.423. The van der Waals surface area contributed by atoms with Gasteiger partial charge in [0.1, 0.15) is 5.56 Å². The summed E-state index contributed by atoms with van der Waals surface area (Å²) in [5, 5.41) is 14.0. The van der Waals surface area contributed by atoms with Gasteiger partial charge in [-0.15, -0.1) is 0 Å². The van der Waals surface area contributed by atoms with Gasteiger partial charge < -0.3 is 20.0 Å². The first-order chi connectivity index (χ1) is 16.2. The van der Waals surface area contributed by atoms with E-state index < -0.39 is 22.4 Å². The molecule has 190 valence electrons. The number of halogens is 3. The van der Waals surface area contributed by atoms with Crippen molar-refractivity contribution in [3.05, 3.63) is 33.9 Å². The molecular formula is C23H34F3N5O3. The van der Waals surface area contributed by atoms with E-state index >= 15 is 0 Å². The van der Waals surface area contributed by atoms with E-state index in [-0.39, 0.29) is 17.6 Å². The lowest BCUT2D eigenvalue weighted by atomic mass is 10.0. The van der Waals surface area contributed by atoms with Gasteiger partial charge in [-0.05, 0) is 37.9 Å². The molecule has 8 nitrogen and oxygen atoms in total. The SMILES string of the molecule is CCCCN1CCN(CCC(=O)N2CCC(Nc3ccc([N+](=O)[O-])c(C(F)(F)F)c3)CC2)CC1. The molecule has 2 aliphatic heterocycles. The van der Waals surface area contributed by atoms with Crippen molar-refractivity contribution in [2.24, 2.45) is 0 Å². The number of likely N-dealkylation sites (tertiary alicyclic amines) is 1. The van der Waals surface area contributed by atoms with Gasteiger partial charge in [0, 0.05) is 70.0 Å². The van der Waals surface area contributed by atoms with Crippen molar-refractivity contribution in [3.63, 3.8) is 0 Å². The minimum Gasteiger partial charge on any atom is -0.382 e. The highest BCUT2D eigenvalue weighted by Crippen LogP contribution is 2.37. The van der Waals surface area contributed by atoms with Crippen LogP contribution in [-0.2, 0) is 11.0 Å². The van der Waals surface area contributed by atoms with Crippen molar-refractivity contribution < 1.29 is 22.9 Å². The van der Waals surface area contributed by atoms with Crippen LogP contribution in [0.5, 0.6) is 0 Å². The fraction of sp³-hybridized carbons (Fsp3) is 0.696. The van der Waals surface area contributed by atoms with Crippen LogP contribution >= 0.6 is 0 Å². The molecule has 2 fully saturated rings. The summed E-state index contributed by atoms with van der Waals surface area (Å²) in [6.07, 6.45) is -0.691. The molecule has 11 heteroatoms. The van der Waals surface area contributed by atoms with Crippen molar-refractivity contribution in [2.45, 2.75) is 51.2 Å². The summed E-state index contributed by atoms with van der Waals surface area (Å²) in [5.74, 6) is 0.113. The maximum atomic E-state index is 13.2. The first kappa shape index (κ1) is 26.2. The van der Waals surface area contributed by atoms with Gasteiger partial charge in [-0.1, -0.05) is 13.3 Å². The third kappa shape index (κ3) is 7.30. The van der Waals surface area contributed by atoms with Gasteiger partial charge in [0.15, 0.2) is 0 Å². The van der Waals surface area contributed by atoms with Crippen LogP contribution in [0.4, 0.5) is 24.5 Å². The lowest BCUT2D eigenvalue weighted by molar-refractivity contribution is -0.388. The topological polar surface area (TPSA) is 82.0 Å². The highest BCUT2D eigenvalue weighted by atomic mass is 19.4. The number of carbonyl (C=O) groups is 1. The Morgan fingerprint density at radius 2 is 1.71 bits per heavy atom. The number of hydrogen-bond donors (Lipinski definition) is 1. The molecule has 2 saturated heterocycles. The molecule has 34 heavy (non-hydrogen) atoms. The second kappa shape index (κ2) is 11.8. The smallest absolute Gasteiger partial charge is 0.382 e. The van der Waals surface area contributed by atoms with Gasteiger partial charge in [-0.2, -0.15) is 13.2 Å². The lowest BCUT2D eigenvalue weighted by Crippen LogP contribution is -2.48. The van der Waals surface area contributed by atoms with Crippen molar-refractivity contribution >= 4 is 17.3 Å². The van der Waals surface area contributed by atoms with E-state index in [1.807, 2.05) is 4.90 Å². The van der Waals surface area contributed by atoms with Crippen LogP contribution in [0.3, 0.4) is 0 Å². The zero-order valence-electron chi connectivity index (χ0n) is 19.6. The van der Waals surface area contributed by atoms with Gasteiger partial charge in [0.2, 0.25) is 5.91 Å². The minimum absolute atomic E-state index is 0.0946. The molecule has 0 saturated carbocycles. The average molecular weight is 486 g/mol. The zero-order valence-corrected chi connectivity index (χ0v) is 19.6. The molecule has 0 aromatic heterocycles. The summed E-state index contributed by atoms with van der Waals surface area (Å²) >= 11 is 0. The van der Waals surface area contributed by atoms with E-state index in [2.05, 4.69) is 22.0 Å². The van der Waals surface area contributed by atoms with E-state index in [9.17, 15) is 28.1 Å². The number of alkyl halides is 3. The normalized spacial score (nSPS) is 18.8. The van der Waals surface area contributed by atoms with Crippen LogP contribution < -0.4 is 5.32 Å². The second-order valence-electron chi connectivity index (χ2n) is 9.07. The molecule has 0 radical (unpaired) electrons. The molecule has 1 aromatic rings. The molecule has 0 atom stereocenters. The van der Waals surface area contributed by atoms with Crippen molar-refractivity contribution in [2.75, 3.05) is 57.7 Å². The van der Waals surface area contributed by atoms with E-state index in [0.29, 0.717) is 32.4 Å². The van der Waals surface area contributed by atoms with E-state index in [1.165, 1.54) is 18.9 Å². The molecule has 0 aliphatic carbocycles. The molecule has 0 spiro atoms. The molecule has 2 heterocycles. The van der Waals surface area contributed by atoms with Gasteiger partial charge in [0.05, 0.1) is 4.92 Å². The summed E-state index contributed by atoms with van der Waals surface area (Å²) in [6, 6.07) is 2.88. The number of amides is 1. The number of rotatable bonds is 9. The molecule has 3 rings (SSSR count). The standard InChI is InChI=1S/C23H34F3N5O3/c1-2-3-9-28-13-15-29(16-14-28)10-8-22(32)30-11-6-18(7-12-30)27-19-4-5-21(31(33)34)20(17-19)23(24,25)26/h4-5,17-18,27H,2-3,6-16H2,1H3. The minimum atomic E-state index is -4.81. The summed E-state index contributed by atoms with van der Waals surface area (Å²) in [4.78, 5) is 29.2. The monoisotopic (exact) mass is 485 g/mol. The zero-order chi connectivity index (χ0) is 24.7. The highest BCUT2D eigenvalue weighted by molar-refractivity contribution is 5.76. The second-order valence-corrected chi connectivity index (χ2v) is 9.07. The van der Waals surface area contributed by atoms with Gasteiger partial charge in [0.25, 0.3) is 5.69 Å². The molecule has 1 N–H and O–H groups in total. The first-order valence-corrected chi connectivity index (χ1v) is 12.0. The Morgan fingerprint density at radius 1 is 1.09 bits per heavy atom. The summed E-state index contributed by atoms with van der Waals surface area (Å²) in [7, 11) is 0. The largest absolute Gasteiger partial charge is 0.423 e. The van der Waals surface area contributed by atoms with Gasteiger partial charge in [-0.25, -0.2) is 0 Å². The Bertz CT molecular complexity index is 836. The Hall–Kier alpha value is -2.40. The van der Waals surface area contributed by atoms with Crippen LogP contribution in [-0.4, -0.2) is 83.9 Å². The number of nitrogens with one attached hydrogen (secondary N) is 1. The molecule has 0 bridgehead atoms. The summed E-state index contributed by atoms with van der Waals surface area (Å²) in [5.41, 5.74) is -2.03. The van der Waals surface area contributed by atoms with Gasteiger partial charge in [-0.3, -0.25) is 14.9 Å². The fourth-order valence-electron chi connectivity index (χ4n) is 4.55. The molecule has 1 aromatic carbocycles. The summed E-state index contributed by atoms with van der Waals surface area (Å²) < 4.78 is 39.6. The third-order valence-electron chi connectivity index (χ3n) is 6.65. The maximum absolute atomic E-state index is 13.2. The number of nitro benzene ring substituents is 1. The highest BCUT2D eigenvalue weighted by Gasteiger charge is 2.38. The number of nitro groups is 1. The number of hydrogen-bond acceptors (Lipinski definition) is 6. The summed E-state index contributed by atoms with van der Waals surface area (Å²) in [6.45, 7) is 9.23. The fourth-order valence-corrected chi connectivity index (χ4v) is 4.55. The Kier molecular flexibility index (Phi) is 9.12. The first-order valence-electron chi connectivity index (χ1n) is 12.0. The van der Waals surface area contributed by atoms with Crippen LogP contribution in [0.25, 0.3) is 0 Å². The Labute approximate surface area is 198 Å². The molecule has 2 aliphatic rings. The molecule has 1 amide bonds. The Balaban J connectivity index is 1.42. The predicted molar refractivity (Wildman–Crippen MR) is 124 cm³/mol. The number of carbonyl (C=O) groups excluding carboxylic acids is 1. The number of anilines is 1. The number of piperidine rings is 1. The van der Waals surface area contributed by atoms with Crippen LogP contribution in [0, 0.1) is 10.1 Å². The third-order valence-corrected chi connectivity index (χ3v) is 6.65. The number of nitrogens with zero attached hydrogens (tertiary/aromatic N) is 4. The molecule has 0 unspecified atom stereocenters. The van der Waals surface area contributed by atoms with E-state index in [4.69, 9.17) is 0 Å². The van der Waals surface area contributed by atoms with Crippen LogP contribution in [0.1, 0.15) is 44.6 Å². The van der Waals surface area contributed by atoms with Crippen molar-refractivity contribution in [1.29, 1.82) is 0 Å². The van der Waals surface area contributed by atoms with E-state index in [1.54, 1.807) is 0 Å². The van der Waals surface area contributed by atoms with Crippen molar-refractivity contribution in [1.82, 2.24) is 14.7 Å². The van der Waals surface area contributed by atoms with Gasteiger partial charge >= 0.3 is 6.18 Å². The predicted octanol–water partition coefficient (Wildman–Crippen LogP) is 3.82. The van der Waals surface area contributed by atoms with Crippen LogP contribution in [0.15, 0.2) is 18.2 Å². The van der Waals surface area contributed by atoms with Crippen LogP contribution in [0.2, 0.25) is 0 Å². The van der Waals surface area contributed by atoms with Crippen molar-refractivity contribution in [3.8, 4) is 0 Å².